The molecule has 0 aromatic carbocycles. The predicted octanol–water partition coefficient (Wildman–Crippen LogP) is 3.61. The lowest BCUT2D eigenvalue weighted by Gasteiger charge is -2.13. The van der Waals surface area contributed by atoms with Gasteiger partial charge in [-0.15, -0.1) is 0 Å². The lowest BCUT2D eigenvalue weighted by atomic mass is 9.94. The normalized spacial score (nSPS) is 16.2. The molecule has 0 aromatic heterocycles. The van der Waals surface area contributed by atoms with Crippen LogP contribution in [0.4, 0.5) is 0 Å². The van der Waals surface area contributed by atoms with Crippen LogP contribution in [0.5, 0.6) is 0 Å². The van der Waals surface area contributed by atoms with E-state index in [9.17, 15) is 4.79 Å². The highest BCUT2D eigenvalue weighted by Gasteiger charge is 2.03. The molecule has 0 amide bonds. The molecule has 2 heteroatoms. The average Bonchev–Trinajstić information content (AvgIpc) is 2.24. The first kappa shape index (κ1) is 12.3. The summed E-state index contributed by atoms with van der Waals surface area (Å²) in [5.74, 6) is -0.166. The lowest BCUT2D eigenvalue weighted by Crippen LogP contribution is -2.00. The molecule has 0 saturated heterocycles. The van der Waals surface area contributed by atoms with Gasteiger partial charge >= 0.3 is 5.97 Å². The number of carbonyl (C=O) groups is 1. The first-order chi connectivity index (χ1) is 7.29. The molecule has 15 heavy (non-hydrogen) atoms. The third kappa shape index (κ3) is 6.32. The number of allylic oxidation sites excluding steroid dienone is 2. The molecular formula is C13H22O2. The van der Waals surface area contributed by atoms with Crippen LogP contribution in [0.2, 0.25) is 0 Å². The van der Waals surface area contributed by atoms with E-state index < -0.39 is 0 Å². The highest BCUT2D eigenvalue weighted by Crippen LogP contribution is 2.23. The van der Waals surface area contributed by atoms with Crippen molar-refractivity contribution in [1.29, 1.82) is 0 Å². The average molecular weight is 210 g/mol. The first-order valence-corrected chi connectivity index (χ1v) is 6.10. The van der Waals surface area contributed by atoms with Crippen molar-refractivity contribution in [3.8, 4) is 0 Å². The second kappa shape index (κ2) is 7.49. The molecule has 86 valence electrons. The zero-order chi connectivity index (χ0) is 10.9. The summed E-state index contributed by atoms with van der Waals surface area (Å²) in [6.45, 7) is 2.04. The van der Waals surface area contributed by atoms with E-state index in [0.29, 0.717) is 6.61 Å². The van der Waals surface area contributed by atoms with Crippen molar-refractivity contribution < 1.29 is 9.53 Å². The lowest BCUT2D eigenvalue weighted by molar-refractivity contribution is -0.141. The van der Waals surface area contributed by atoms with Crippen LogP contribution in [0, 0.1) is 0 Å². The molecular weight excluding hydrogens is 188 g/mol. The molecule has 2 nitrogen and oxygen atoms in total. The maximum Gasteiger partial charge on any atom is 0.302 e. The highest BCUT2D eigenvalue weighted by molar-refractivity contribution is 5.65. The number of hydrogen-bond donors (Lipinski definition) is 0. The van der Waals surface area contributed by atoms with Gasteiger partial charge in [0.1, 0.15) is 0 Å². The molecule has 1 aliphatic carbocycles. The fourth-order valence-electron chi connectivity index (χ4n) is 1.98. The summed E-state index contributed by atoms with van der Waals surface area (Å²) in [6.07, 6.45) is 12.4. The van der Waals surface area contributed by atoms with Crippen molar-refractivity contribution >= 4 is 5.97 Å². The van der Waals surface area contributed by atoms with Gasteiger partial charge in [0.2, 0.25) is 0 Å². The monoisotopic (exact) mass is 210 g/mol. The minimum Gasteiger partial charge on any atom is -0.466 e. The van der Waals surface area contributed by atoms with E-state index >= 15 is 0 Å². The van der Waals surface area contributed by atoms with Gasteiger partial charge in [-0.25, -0.2) is 0 Å². The number of esters is 1. The summed E-state index contributed by atoms with van der Waals surface area (Å²) < 4.78 is 4.87. The molecule has 0 atom stereocenters. The smallest absolute Gasteiger partial charge is 0.302 e. The molecule has 0 spiro atoms. The van der Waals surface area contributed by atoms with Crippen molar-refractivity contribution in [2.24, 2.45) is 0 Å². The number of carbonyl (C=O) groups excluding carboxylic acids is 1. The van der Waals surface area contributed by atoms with Gasteiger partial charge in [0.05, 0.1) is 6.61 Å². The van der Waals surface area contributed by atoms with Crippen molar-refractivity contribution in [1.82, 2.24) is 0 Å². The minimum atomic E-state index is -0.166. The first-order valence-electron chi connectivity index (χ1n) is 6.10. The van der Waals surface area contributed by atoms with Crippen molar-refractivity contribution in [3.05, 3.63) is 11.6 Å². The topological polar surface area (TPSA) is 26.3 Å². The Bertz CT molecular complexity index is 211. The van der Waals surface area contributed by atoms with Crippen LogP contribution in [-0.4, -0.2) is 12.6 Å². The summed E-state index contributed by atoms with van der Waals surface area (Å²) in [5.41, 5.74) is 1.65. The van der Waals surface area contributed by atoms with Gasteiger partial charge in [-0.3, -0.25) is 4.79 Å². The second-order valence-corrected chi connectivity index (χ2v) is 4.26. The van der Waals surface area contributed by atoms with Crippen LogP contribution in [0.15, 0.2) is 11.6 Å². The SMILES string of the molecule is CC(=O)OCCCCC=C1CCCCC1. The van der Waals surface area contributed by atoms with E-state index in [1.165, 1.54) is 39.0 Å². The Morgan fingerprint density at radius 3 is 2.67 bits per heavy atom. The number of rotatable bonds is 5. The molecule has 0 N–H and O–H groups in total. The number of hydrogen-bond acceptors (Lipinski definition) is 2. The van der Waals surface area contributed by atoms with Crippen LogP contribution < -0.4 is 0 Å². The van der Waals surface area contributed by atoms with Gasteiger partial charge in [-0.2, -0.15) is 0 Å². The van der Waals surface area contributed by atoms with Gasteiger partial charge in [0.15, 0.2) is 0 Å². The minimum absolute atomic E-state index is 0.166. The molecule has 0 radical (unpaired) electrons. The third-order valence-electron chi connectivity index (χ3n) is 2.83. The summed E-state index contributed by atoms with van der Waals surface area (Å²) in [7, 11) is 0. The number of unbranched alkanes of at least 4 members (excludes halogenated alkanes) is 2. The third-order valence-corrected chi connectivity index (χ3v) is 2.83. The molecule has 1 aliphatic rings. The van der Waals surface area contributed by atoms with E-state index in [0.717, 1.165) is 19.3 Å². The van der Waals surface area contributed by atoms with Gasteiger partial charge in [0.25, 0.3) is 0 Å². The van der Waals surface area contributed by atoms with Crippen LogP contribution >= 0.6 is 0 Å². The highest BCUT2D eigenvalue weighted by atomic mass is 16.5. The van der Waals surface area contributed by atoms with Crippen molar-refractivity contribution in [2.75, 3.05) is 6.61 Å². The van der Waals surface area contributed by atoms with Gasteiger partial charge < -0.3 is 4.74 Å². The Morgan fingerprint density at radius 2 is 2.00 bits per heavy atom. The standard InChI is InChI=1S/C13H22O2/c1-12(14)15-11-7-3-6-10-13-8-4-2-5-9-13/h10H,2-9,11H2,1H3. The van der Waals surface area contributed by atoms with E-state index in [1.54, 1.807) is 5.57 Å². The molecule has 1 saturated carbocycles. The van der Waals surface area contributed by atoms with Gasteiger partial charge in [0, 0.05) is 6.92 Å². The molecule has 0 unspecified atom stereocenters. The Morgan fingerprint density at radius 1 is 1.27 bits per heavy atom. The molecule has 0 heterocycles. The fourth-order valence-corrected chi connectivity index (χ4v) is 1.98. The zero-order valence-electron chi connectivity index (χ0n) is 9.76. The largest absolute Gasteiger partial charge is 0.466 e. The molecule has 1 fully saturated rings. The van der Waals surface area contributed by atoms with E-state index in [-0.39, 0.29) is 5.97 Å². The molecule has 0 aliphatic heterocycles. The van der Waals surface area contributed by atoms with Gasteiger partial charge in [-0.05, 0) is 44.9 Å². The Kier molecular flexibility index (Phi) is 6.14. The van der Waals surface area contributed by atoms with Crippen LogP contribution in [0.1, 0.15) is 58.3 Å². The summed E-state index contributed by atoms with van der Waals surface area (Å²) in [5, 5.41) is 0. The van der Waals surface area contributed by atoms with Crippen LogP contribution in [-0.2, 0) is 9.53 Å². The van der Waals surface area contributed by atoms with E-state index in [1.807, 2.05) is 0 Å². The summed E-state index contributed by atoms with van der Waals surface area (Å²) in [4.78, 5) is 10.5. The second-order valence-electron chi connectivity index (χ2n) is 4.26. The van der Waals surface area contributed by atoms with E-state index in [2.05, 4.69) is 6.08 Å². The maximum atomic E-state index is 10.5. The zero-order valence-corrected chi connectivity index (χ0v) is 9.76. The Hall–Kier alpha value is -0.790. The molecule has 0 bridgehead atoms. The van der Waals surface area contributed by atoms with Crippen molar-refractivity contribution in [2.45, 2.75) is 58.3 Å². The fraction of sp³-hybridized carbons (Fsp3) is 0.769. The molecule has 0 aromatic rings. The van der Waals surface area contributed by atoms with Gasteiger partial charge in [-0.1, -0.05) is 18.1 Å². The predicted molar refractivity (Wildman–Crippen MR) is 61.7 cm³/mol. The van der Waals surface area contributed by atoms with E-state index in [4.69, 9.17) is 4.74 Å². The quantitative estimate of drug-likeness (QED) is 0.393. The molecule has 1 rings (SSSR count). The summed E-state index contributed by atoms with van der Waals surface area (Å²) in [6, 6.07) is 0. The van der Waals surface area contributed by atoms with Crippen molar-refractivity contribution in [3.63, 3.8) is 0 Å². The maximum absolute atomic E-state index is 10.5. The van der Waals surface area contributed by atoms with Crippen LogP contribution in [0.25, 0.3) is 0 Å². The Labute approximate surface area is 92.7 Å². The Balaban J connectivity index is 1.97. The van der Waals surface area contributed by atoms with Crippen LogP contribution in [0.3, 0.4) is 0 Å². The number of ether oxygens (including phenoxy) is 1. The summed E-state index contributed by atoms with van der Waals surface area (Å²) >= 11 is 0.